The van der Waals surface area contributed by atoms with Gasteiger partial charge in [-0.1, -0.05) is 6.07 Å². The Labute approximate surface area is 184 Å². The first-order valence-electron chi connectivity index (χ1n) is 9.83. The van der Waals surface area contributed by atoms with E-state index in [1.165, 1.54) is 16.2 Å². The maximum atomic E-state index is 13.1. The topological polar surface area (TPSA) is 54.9 Å². The molecule has 6 nitrogen and oxygen atoms in total. The van der Waals surface area contributed by atoms with Crippen molar-refractivity contribution >= 4 is 28.6 Å². The molecule has 1 aliphatic heterocycles. The average Bonchev–Trinajstić information content (AvgIpc) is 3.43. The Morgan fingerprint density at radius 2 is 1.87 bits per heavy atom. The predicted octanol–water partition coefficient (Wildman–Crippen LogP) is 4.16. The molecule has 1 aromatic carbocycles. The second-order valence-electron chi connectivity index (χ2n) is 7.15. The molecule has 158 valence electrons. The van der Waals surface area contributed by atoms with Crippen molar-refractivity contribution in [2.75, 3.05) is 40.4 Å². The monoisotopic (exact) mass is 443 g/mol. The molecule has 1 amide bonds. The van der Waals surface area contributed by atoms with Crippen molar-refractivity contribution < 1.29 is 14.3 Å². The Hall–Kier alpha value is -2.42. The fraction of sp³-hybridized carbons (Fsp3) is 0.364. The van der Waals surface area contributed by atoms with Crippen LogP contribution in [0.5, 0.6) is 11.5 Å². The number of nitrogens with zero attached hydrogens (tertiary/aromatic N) is 3. The van der Waals surface area contributed by atoms with Gasteiger partial charge in [-0.05, 0) is 36.6 Å². The molecule has 30 heavy (non-hydrogen) atoms. The standard InChI is InChI=1S/C22H25N3O3S2/c1-15-20(30-21(23-15)16-6-7-18(27-2)19(13-16)28-3)22(26)25-10-8-24(9-11-25)14-17-5-4-12-29-17/h4-7,12-13H,8-11,14H2,1-3H3. The van der Waals surface area contributed by atoms with Crippen molar-refractivity contribution in [1.29, 1.82) is 0 Å². The highest BCUT2D eigenvalue weighted by Gasteiger charge is 2.26. The van der Waals surface area contributed by atoms with Gasteiger partial charge in [-0.3, -0.25) is 9.69 Å². The molecule has 0 atom stereocenters. The van der Waals surface area contributed by atoms with E-state index in [0.29, 0.717) is 16.4 Å². The van der Waals surface area contributed by atoms with Crippen LogP contribution in [0.3, 0.4) is 0 Å². The lowest BCUT2D eigenvalue weighted by Crippen LogP contribution is -2.48. The van der Waals surface area contributed by atoms with E-state index < -0.39 is 0 Å². The molecule has 0 saturated carbocycles. The van der Waals surface area contributed by atoms with Crippen molar-refractivity contribution in [1.82, 2.24) is 14.8 Å². The van der Waals surface area contributed by atoms with E-state index in [4.69, 9.17) is 9.47 Å². The van der Waals surface area contributed by atoms with Crippen LogP contribution in [0.15, 0.2) is 35.7 Å². The van der Waals surface area contributed by atoms with Crippen LogP contribution in [-0.2, 0) is 6.54 Å². The first kappa shape index (κ1) is 20.8. The lowest BCUT2D eigenvalue weighted by atomic mass is 10.2. The van der Waals surface area contributed by atoms with Crippen LogP contribution in [-0.4, -0.2) is 61.1 Å². The number of amides is 1. The third-order valence-electron chi connectivity index (χ3n) is 5.24. The Morgan fingerprint density at radius 3 is 2.53 bits per heavy atom. The number of thiazole rings is 1. The minimum Gasteiger partial charge on any atom is -0.493 e. The van der Waals surface area contributed by atoms with Gasteiger partial charge < -0.3 is 14.4 Å². The van der Waals surface area contributed by atoms with Crippen molar-refractivity contribution in [2.24, 2.45) is 0 Å². The lowest BCUT2D eigenvalue weighted by Gasteiger charge is -2.34. The van der Waals surface area contributed by atoms with Gasteiger partial charge >= 0.3 is 0 Å². The molecule has 0 N–H and O–H groups in total. The molecule has 0 unspecified atom stereocenters. The number of carbonyl (C=O) groups excluding carboxylic acids is 1. The fourth-order valence-electron chi connectivity index (χ4n) is 3.56. The van der Waals surface area contributed by atoms with Crippen LogP contribution in [0.4, 0.5) is 0 Å². The van der Waals surface area contributed by atoms with Crippen LogP contribution in [0.1, 0.15) is 20.2 Å². The highest BCUT2D eigenvalue weighted by Crippen LogP contribution is 2.35. The Balaban J connectivity index is 1.45. The molecular weight excluding hydrogens is 418 g/mol. The summed E-state index contributed by atoms with van der Waals surface area (Å²) in [6.45, 7) is 6.14. The number of ether oxygens (including phenoxy) is 2. The zero-order valence-corrected chi connectivity index (χ0v) is 19.0. The quantitative estimate of drug-likeness (QED) is 0.573. The molecule has 0 radical (unpaired) electrons. The smallest absolute Gasteiger partial charge is 0.265 e. The number of thiophene rings is 1. The number of hydrogen-bond acceptors (Lipinski definition) is 7. The summed E-state index contributed by atoms with van der Waals surface area (Å²) < 4.78 is 10.7. The van der Waals surface area contributed by atoms with Gasteiger partial charge in [0.15, 0.2) is 11.5 Å². The number of piperazine rings is 1. The average molecular weight is 444 g/mol. The van der Waals surface area contributed by atoms with E-state index >= 15 is 0 Å². The zero-order chi connectivity index (χ0) is 21.1. The number of carbonyl (C=O) groups is 1. The first-order chi connectivity index (χ1) is 14.6. The van der Waals surface area contributed by atoms with Crippen LogP contribution in [0.25, 0.3) is 10.6 Å². The van der Waals surface area contributed by atoms with Gasteiger partial charge in [0.25, 0.3) is 5.91 Å². The second-order valence-corrected chi connectivity index (χ2v) is 9.18. The maximum Gasteiger partial charge on any atom is 0.265 e. The summed E-state index contributed by atoms with van der Waals surface area (Å²) in [7, 11) is 3.23. The largest absolute Gasteiger partial charge is 0.493 e. The van der Waals surface area contributed by atoms with Gasteiger partial charge in [0.1, 0.15) is 9.88 Å². The van der Waals surface area contributed by atoms with Crippen LogP contribution < -0.4 is 9.47 Å². The van der Waals surface area contributed by atoms with Crippen LogP contribution in [0, 0.1) is 6.92 Å². The molecule has 8 heteroatoms. The molecule has 0 aliphatic carbocycles. The number of hydrogen-bond donors (Lipinski definition) is 0. The van der Waals surface area contributed by atoms with E-state index in [-0.39, 0.29) is 5.91 Å². The van der Waals surface area contributed by atoms with Gasteiger partial charge in [0.05, 0.1) is 19.9 Å². The highest BCUT2D eigenvalue weighted by molar-refractivity contribution is 7.17. The summed E-state index contributed by atoms with van der Waals surface area (Å²) >= 11 is 3.22. The number of methoxy groups -OCH3 is 2. The van der Waals surface area contributed by atoms with E-state index in [2.05, 4.69) is 27.4 Å². The predicted molar refractivity (Wildman–Crippen MR) is 121 cm³/mol. The van der Waals surface area contributed by atoms with E-state index in [1.54, 1.807) is 25.6 Å². The van der Waals surface area contributed by atoms with E-state index in [9.17, 15) is 4.79 Å². The van der Waals surface area contributed by atoms with Crippen molar-refractivity contribution in [3.63, 3.8) is 0 Å². The van der Waals surface area contributed by atoms with Gasteiger partial charge in [0.2, 0.25) is 0 Å². The number of benzene rings is 1. The summed E-state index contributed by atoms with van der Waals surface area (Å²) in [6, 6.07) is 9.95. The minimum atomic E-state index is 0.0764. The number of aryl methyl sites for hydroxylation is 1. The molecule has 0 spiro atoms. The Kier molecular flexibility index (Phi) is 6.36. The van der Waals surface area contributed by atoms with Crippen molar-refractivity contribution in [2.45, 2.75) is 13.5 Å². The van der Waals surface area contributed by atoms with E-state index in [1.807, 2.05) is 30.0 Å². The molecule has 4 rings (SSSR count). The first-order valence-corrected chi connectivity index (χ1v) is 11.5. The summed E-state index contributed by atoms with van der Waals surface area (Å²) in [4.78, 5) is 24.2. The summed E-state index contributed by atoms with van der Waals surface area (Å²) in [5.41, 5.74) is 1.69. The maximum absolute atomic E-state index is 13.1. The van der Waals surface area contributed by atoms with Crippen LogP contribution >= 0.6 is 22.7 Å². The summed E-state index contributed by atoms with van der Waals surface area (Å²) in [5.74, 6) is 1.40. The van der Waals surface area contributed by atoms with E-state index in [0.717, 1.165) is 49.0 Å². The normalized spacial score (nSPS) is 14.7. The zero-order valence-electron chi connectivity index (χ0n) is 17.4. The summed E-state index contributed by atoms with van der Waals surface area (Å²) in [6.07, 6.45) is 0. The van der Waals surface area contributed by atoms with Crippen LogP contribution in [0.2, 0.25) is 0 Å². The molecule has 3 aromatic rings. The van der Waals surface area contributed by atoms with Crippen molar-refractivity contribution in [3.05, 3.63) is 51.2 Å². The number of aromatic nitrogens is 1. The molecule has 1 aliphatic rings. The van der Waals surface area contributed by atoms with Gasteiger partial charge in [-0.2, -0.15) is 0 Å². The molecule has 1 saturated heterocycles. The highest BCUT2D eigenvalue weighted by atomic mass is 32.1. The minimum absolute atomic E-state index is 0.0764. The Morgan fingerprint density at radius 1 is 1.10 bits per heavy atom. The lowest BCUT2D eigenvalue weighted by molar-refractivity contribution is 0.0633. The van der Waals surface area contributed by atoms with Gasteiger partial charge in [0, 0.05) is 43.2 Å². The third-order valence-corrected chi connectivity index (χ3v) is 7.30. The van der Waals surface area contributed by atoms with Crippen molar-refractivity contribution in [3.8, 4) is 22.1 Å². The van der Waals surface area contributed by atoms with Gasteiger partial charge in [-0.25, -0.2) is 4.98 Å². The molecule has 0 bridgehead atoms. The fourth-order valence-corrected chi connectivity index (χ4v) is 5.34. The molecular formula is C22H25N3O3S2. The molecule has 2 aromatic heterocycles. The number of rotatable bonds is 6. The second kappa shape index (κ2) is 9.16. The third kappa shape index (κ3) is 4.35. The SMILES string of the molecule is COc1ccc(-c2nc(C)c(C(=O)N3CCN(Cc4cccs4)CC3)s2)cc1OC. The molecule has 3 heterocycles. The summed E-state index contributed by atoms with van der Waals surface area (Å²) in [5, 5.41) is 2.92. The molecule has 1 fully saturated rings. The Bertz CT molecular complexity index is 1010. The van der Waals surface area contributed by atoms with Gasteiger partial charge in [-0.15, -0.1) is 22.7 Å².